The summed E-state index contributed by atoms with van der Waals surface area (Å²) in [5.41, 5.74) is 0.597. The van der Waals surface area contributed by atoms with Crippen molar-refractivity contribution in [3.05, 3.63) is 30.1 Å². The van der Waals surface area contributed by atoms with Crippen molar-refractivity contribution in [1.29, 1.82) is 0 Å². The van der Waals surface area contributed by atoms with Crippen molar-refractivity contribution in [2.24, 2.45) is 5.92 Å². The zero-order valence-corrected chi connectivity index (χ0v) is 14.5. The van der Waals surface area contributed by atoms with Crippen LogP contribution in [0.4, 0.5) is 0 Å². The molecule has 0 aromatic carbocycles. The van der Waals surface area contributed by atoms with Crippen molar-refractivity contribution in [3.8, 4) is 0 Å². The third kappa shape index (κ3) is 4.19. The van der Waals surface area contributed by atoms with Crippen LogP contribution < -0.4 is 0 Å². The highest BCUT2D eigenvalue weighted by molar-refractivity contribution is 5.94. The summed E-state index contributed by atoms with van der Waals surface area (Å²) < 4.78 is 5.33. The molecule has 0 radical (unpaired) electrons. The second kappa shape index (κ2) is 8.27. The number of ether oxygens (including phenoxy) is 1. The Balaban J connectivity index is 1.57. The van der Waals surface area contributed by atoms with E-state index in [-0.39, 0.29) is 30.8 Å². The van der Waals surface area contributed by atoms with Crippen LogP contribution >= 0.6 is 0 Å². The Kier molecular flexibility index (Phi) is 5.82. The molecule has 140 valence electrons. The molecule has 2 fully saturated rings. The van der Waals surface area contributed by atoms with Gasteiger partial charge in [0.25, 0.3) is 5.91 Å². The topological polar surface area (TPSA) is 100 Å². The van der Waals surface area contributed by atoms with Gasteiger partial charge in [-0.15, -0.1) is 0 Å². The number of pyridine rings is 1. The summed E-state index contributed by atoms with van der Waals surface area (Å²) in [6.07, 6.45) is 4.25. The van der Waals surface area contributed by atoms with Crippen molar-refractivity contribution >= 4 is 17.8 Å². The van der Waals surface area contributed by atoms with Crippen LogP contribution in [0.15, 0.2) is 24.5 Å². The minimum absolute atomic E-state index is 0.0180. The van der Waals surface area contributed by atoms with E-state index in [1.807, 2.05) is 0 Å². The second-order valence-electron chi connectivity index (χ2n) is 6.66. The maximum absolute atomic E-state index is 12.9. The molecule has 1 N–H and O–H groups in total. The quantitative estimate of drug-likeness (QED) is 0.845. The summed E-state index contributed by atoms with van der Waals surface area (Å²) >= 11 is 0. The molecule has 3 heterocycles. The second-order valence-corrected chi connectivity index (χ2v) is 6.66. The number of rotatable bonds is 4. The number of piperidine rings is 1. The summed E-state index contributed by atoms with van der Waals surface area (Å²) in [6, 6.07) is 2.96. The molecule has 2 aliphatic rings. The van der Waals surface area contributed by atoms with Gasteiger partial charge >= 0.3 is 5.97 Å². The van der Waals surface area contributed by atoms with Crippen molar-refractivity contribution in [1.82, 2.24) is 14.8 Å². The standard InChI is InChI=1S/C18H23N3O5/c22-16(23)11-15-12-26-10-9-21(15)18(25)14-3-7-20(8-4-14)17(24)13-1-5-19-6-2-13/h1-2,5-6,14-15H,3-4,7-12H2,(H,22,23)/t15-/m0/s1. The minimum atomic E-state index is -0.934. The van der Waals surface area contributed by atoms with E-state index in [2.05, 4.69) is 4.98 Å². The highest BCUT2D eigenvalue weighted by Gasteiger charge is 2.35. The van der Waals surface area contributed by atoms with Crippen LogP contribution in [-0.4, -0.2) is 76.6 Å². The molecule has 1 aromatic heterocycles. The van der Waals surface area contributed by atoms with Crippen molar-refractivity contribution in [3.63, 3.8) is 0 Å². The number of aromatic nitrogens is 1. The summed E-state index contributed by atoms with van der Waals surface area (Å²) in [6.45, 7) is 2.16. The molecule has 0 spiro atoms. The smallest absolute Gasteiger partial charge is 0.305 e. The van der Waals surface area contributed by atoms with E-state index in [1.165, 1.54) is 0 Å². The van der Waals surface area contributed by atoms with E-state index < -0.39 is 12.0 Å². The fraction of sp³-hybridized carbons (Fsp3) is 0.556. The first-order valence-corrected chi connectivity index (χ1v) is 8.85. The predicted octanol–water partition coefficient (Wildman–Crippen LogP) is 0.636. The fourth-order valence-electron chi connectivity index (χ4n) is 3.56. The number of aliphatic carboxylic acids is 1. The first-order valence-electron chi connectivity index (χ1n) is 8.85. The van der Waals surface area contributed by atoms with Crippen LogP contribution in [0.1, 0.15) is 29.6 Å². The van der Waals surface area contributed by atoms with Gasteiger partial charge in [-0.25, -0.2) is 0 Å². The number of hydrogen-bond acceptors (Lipinski definition) is 5. The van der Waals surface area contributed by atoms with E-state index in [1.54, 1.807) is 34.3 Å². The van der Waals surface area contributed by atoms with E-state index in [9.17, 15) is 14.4 Å². The number of carboxylic acid groups (broad SMARTS) is 1. The summed E-state index contributed by atoms with van der Waals surface area (Å²) in [5, 5.41) is 9.04. The predicted molar refractivity (Wildman–Crippen MR) is 91.4 cm³/mol. The Labute approximate surface area is 151 Å². The van der Waals surface area contributed by atoms with Crippen LogP contribution in [0.25, 0.3) is 0 Å². The lowest BCUT2D eigenvalue weighted by atomic mass is 9.93. The molecule has 2 saturated heterocycles. The van der Waals surface area contributed by atoms with Crippen molar-refractivity contribution < 1.29 is 24.2 Å². The number of morpholine rings is 1. The number of likely N-dealkylation sites (tertiary alicyclic amines) is 1. The number of carbonyl (C=O) groups excluding carboxylic acids is 2. The first-order chi connectivity index (χ1) is 12.6. The van der Waals surface area contributed by atoms with E-state index in [0.717, 1.165) is 0 Å². The van der Waals surface area contributed by atoms with Gasteiger partial charge in [-0.2, -0.15) is 0 Å². The zero-order valence-electron chi connectivity index (χ0n) is 14.5. The molecule has 0 unspecified atom stereocenters. The van der Waals surface area contributed by atoms with Crippen LogP contribution in [0.2, 0.25) is 0 Å². The third-order valence-electron chi connectivity index (χ3n) is 4.98. The summed E-state index contributed by atoms with van der Waals surface area (Å²) in [4.78, 5) is 43.7. The molecule has 2 aliphatic heterocycles. The Morgan fingerprint density at radius 3 is 2.50 bits per heavy atom. The number of carbonyl (C=O) groups is 3. The van der Waals surface area contributed by atoms with Gasteiger partial charge in [-0.1, -0.05) is 0 Å². The van der Waals surface area contributed by atoms with E-state index >= 15 is 0 Å². The molecule has 1 atom stereocenters. The highest BCUT2D eigenvalue weighted by atomic mass is 16.5. The summed E-state index contributed by atoms with van der Waals surface area (Å²) in [5.74, 6) is -1.18. The Hall–Kier alpha value is -2.48. The molecular formula is C18H23N3O5. The van der Waals surface area contributed by atoms with Gasteiger partial charge < -0.3 is 19.6 Å². The lowest BCUT2D eigenvalue weighted by Crippen LogP contribution is -2.53. The van der Waals surface area contributed by atoms with Crippen molar-refractivity contribution in [2.45, 2.75) is 25.3 Å². The maximum atomic E-state index is 12.9. The highest BCUT2D eigenvalue weighted by Crippen LogP contribution is 2.24. The average molecular weight is 361 g/mol. The molecule has 2 amide bonds. The largest absolute Gasteiger partial charge is 0.481 e. The van der Waals surface area contributed by atoms with E-state index in [0.29, 0.717) is 44.6 Å². The van der Waals surface area contributed by atoms with Gasteiger partial charge in [0, 0.05) is 43.5 Å². The number of hydrogen-bond donors (Lipinski definition) is 1. The van der Waals surface area contributed by atoms with Gasteiger partial charge in [0.05, 0.1) is 25.7 Å². The first kappa shape index (κ1) is 18.3. The molecule has 0 bridgehead atoms. The number of nitrogens with zero attached hydrogens (tertiary/aromatic N) is 3. The Bertz CT molecular complexity index is 658. The number of carboxylic acids is 1. The third-order valence-corrected chi connectivity index (χ3v) is 4.98. The minimum Gasteiger partial charge on any atom is -0.481 e. The maximum Gasteiger partial charge on any atom is 0.305 e. The van der Waals surface area contributed by atoms with Crippen LogP contribution in [-0.2, 0) is 14.3 Å². The molecule has 1 aromatic rings. The SMILES string of the molecule is O=C(O)C[C@H]1COCCN1C(=O)C1CCN(C(=O)c2ccncc2)CC1. The molecule has 26 heavy (non-hydrogen) atoms. The Morgan fingerprint density at radius 1 is 1.15 bits per heavy atom. The average Bonchev–Trinajstić information content (AvgIpc) is 2.68. The van der Waals surface area contributed by atoms with Gasteiger partial charge in [0.2, 0.25) is 5.91 Å². The molecule has 8 heteroatoms. The van der Waals surface area contributed by atoms with E-state index in [4.69, 9.17) is 9.84 Å². The van der Waals surface area contributed by atoms with Crippen LogP contribution in [0.5, 0.6) is 0 Å². The molecule has 3 rings (SSSR count). The lowest BCUT2D eigenvalue weighted by Gasteiger charge is -2.39. The number of amides is 2. The lowest BCUT2D eigenvalue weighted by molar-refractivity contribution is -0.150. The van der Waals surface area contributed by atoms with Crippen LogP contribution in [0.3, 0.4) is 0 Å². The van der Waals surface area contributed by atoms with Crippen molar-refractivity contribution in [2.75, 3.05) is 32.8 Å². The summed E-state index contributed by atoms with van der Waals surface area (Å²) in [7, 11) is 0. The fourth-order valence-corrected chi connectivity index (χ4v) is 3.56. The normalized spacial score (nSPS) is 21.5. The zero-order chi connectivity index (χ0) is 18.5. The van der Waals surface area contributed by atoms with Gasteiger partial charge in [0.15, 0.2) is 0 Å². The Morgan fingerprint density at radius 2 is 1.85 bits per heavy atom. The molecule has 0 saturated carbocycles. The van der Waals surface area contributed by atoms with Crippen LogP contribution in [0, 0.1) is 5.92 Å². The van der Waals surface area contributed by atoms with Gasteiger partial charge in [-0.3, -0.25) is 19.4 Å². The van der Waals surface area contributed by atoms with Gasteiger partial charge in [0.1, 0.15) is 0 Å². The van der Waals surface area contributed by atoms with Gasteiger partial charge in [-0.05, 0) is 25.0 Å². The molecular weight excluding hydrogens is 338 g/mol. The molecule has 8 nitrogen and oxygen atoms in total. The monoisotopic (exact) mass is 361 g/mol. The molecule has 0 aliphatic carbocycles.